The van der Waals surface area contributed by atoms with Crippen LogP contribution < -0.4 is 16.6 Å². The number of hydrogen-bond donors (Lipinski definition) is 3. The molecule has 0 bridgehead atoms. The zero-order valence-electron chi connectivity index (χ0n) is 14.9. The van der Waals surface area contributed by atoms with Gasteiger partial charge in [-0.2, -0.15) is 0 Å². The summed E-state index contributed by atoms with van der Waals surface area (Å²) in [7, 11) is 0. The SMILES string of the molecule is NC(=O)c1ccc(NC(=O)CSc2nc3sc4c(c3c(=O)[nH]2)CCCC4)cc1. The number of anilines is 1. The van der Waals surface area contributed by atoms with Gasteiger partial charge in [0.1, 0.15) is 4.83 Å². The van der Waals surface area contributed by atoms with Gasteiger partial charge in [0.2, 0.25) is 11.8 Å². The average molecular weight is 415 g/mol. The lowest BCUT2D eigenvalue weighted by Crippen LogP contribution is -2.16. The molecule has 4 rings (SSSR count). The molecule has 28 heavy (non-hydrogen) atoms. The molecule has 2 heterocycles. The van der Waals surface area contributed by atoms with E-state index in [1.165, 1.54) is 16.6 Å². The lowest BCUT2D eigenvalue weighted by atomic mass is 9.97. The molecular formula is C19H18N4O3S2. The largest absolute Gasteiger partial charge is 0.366 e. The second-order valence-corrected chi connectivity index (χ2v) is 8.59. The molecule has 2 aromatic heterocycles. The van der Waals surface area contributed by atoms with Crippen LogP contribution in [0, 0.1) is 0 Å². The molecule has 0 radical (unpaired) electrons. The second-order valence-electron chi connectivity index (χ2n) is 6.54. The van der Waals surface area contributed by atoms with Crippen LogP contribution >= 0.6 is 23.1 Å². The molecule has 4 N–H and O–H groups in total. The molecule has 9 heteroatoms. The van der Waals surface area contributed by atoms with Gasteiger partial charge < -0.3 is 16.0 Å². The molecule has 7 nitrogen and oxygen atoms in total. The van der Waals surface area contributed by atoms with Crippen molar-refractivity contribution >= 4 is 50.8 Å². The Morgan fingerprint density at radius 3 is 2.71 bits per heavy atom. The summed E-state index contributed by atoms with van der Waals surface area (Å²) in [6.07, 6.45) is 4.20. The van der Waals surface area contributed by atoms with E-state index in [2.05, 4.69) is 15.3 Å². The van der Waals surface area contributed by atoms with Gasteiger partial charge in [-0.3, -0.25) is 14.4 Å². The molecule has 0 saturated carbocycles. The van der Waals surface area contributed by atoms with Gasteiger partial charge >= 0.3 is 0 Å². The van der Waals surface area contributed by atoms with Crippen LogP contribution in [0.25, 0.3) is 10.2 Å². The molecule has 0 aliphatic heterocycles. The van der Waals surface area contributed by atoms with Gasteiger partial charge in [-0.05, 0) is 55.5 Å². The first-order valence-electron chi connectivity index (χ1n) is 8.88. The highest BCUT2D eigenvalue weighted by atomic mass is 32.2. The molecular weight excluding hydrogens is 396 g/mol. The first kappa shape index (κ1) is 18.7. The Kier molecular flexibility index (Phi) is 5.19. The fourth-order valence-corrected chi connectivity index (χ4v) is 5.24. The van der Waals surface area contributed by atoms with Crippen molar-refractivity contribution in [2.24, 2.45) is 5.73 Å². The number of fused-ring (bicyclic) bond motifs is 3. The van der Waals surface area contributed by atoms with Crippen molar-refractivity contribution in [2.45, 2.75) is 30.8 Å². The van der Waals surface area contributed by atoms with Gasteiger partial charge in [0, 0.05) is 16.1 Å². The van der Waals surface area contributed by atoms with Crippen LogP contribution in [0.2, 0.25) is 0 Å². The monoisotopic (exact) mass is 414 g/mol. The lowest BCUT2D eigenvalue weighted by molar-refractivity contribution is -0.113. The number of amides is 2. The summed E-state index contributed by atoms with van der Waals surface area (Å²) in [6.45, 7) is 0. The predicted octanol–water partition coefficient (Wildman–Crippen LogP) is 2.69. The number of nitrogens with zero attached hydrogens (tertiary/aromatic N) is 1. The third kappa shape index (κ3) is 3.81. The van der Waals surface area contributed by atoms with Crippen molar-refractivity contribution in [1.82, 2.24) is 9.97 Å². The van der Waals surface area contributed by atoms with E-state index < -0.39 is 5.91 Å². The summed E-state index contributed by atoms with van der Waals surface area (Å²) in [5.41, 5.74) is 7.16. The van der Waals surface area contributed by atoms with Crippen LogP contribution in [-0.2, 0) is 17.6 Å². The Hall–Kier alpha value is -2.65. The minimum Gasteiger partial charge on any atom is -0.366 e. The van der Waals surface area contributed by atoms with Crippen molar-refractivity contribution in [3.63, 3.8) is 0 Å². The van der Waals surface area contributed by atoms with E-state index in [0.29, 0.717) is 21.8 Å². The summed E-state index contributed by atoms with van der Waals surface area (Å²) in [5.74, 6) is -0.643. The highest BCUT2D eigenvalue weighted by molar-refractivity contribution is 7.99. The highest BCUT2D eigenvalue weighted by Gasteiger charge is 2.20. The molecule has 0 fully saturated rings. The maximum atomic E-state index is 12.5. The fourth-order valence-electron chi connectivity index (χ4n) is 3.26. The van der Waals surface area contributed by atoms with Crippen LogP contribution in [0.5, 0.6) is 0 Å². The number of nitrogens with one attached hydrogen (secondary N) is 2. The normalized spacial score (nSPS) is 13.3. The summed E-state index contributed by atoms with van der Waals surface area (Å²) in [5, 5.41) is 3.89. The average Bonchev–Trinajstić information content (AvgIpc) is 3.05. The van der Waals surface area contributed by atoms with Crippen LogP contribution in [0.4, 0.5) is 5.69 Å². The molecule has 144 valence electrons. The molecule has 2 amide bonds. The van der Waals surface area contributed by atoms with E-state index in [9.17, 15) is 14.4 Å². The number of carbonyl (C=O) groups excluding carboxylic acids is 2. The van der Waals surface area contributed by atoms with Crippen LogP contribution in [0.1, 0.15) is 33.6 Å². The van der Waals surface area contributed by atoms with Crippen molar-refractivity contribution in [3.8, 4) is 0 Å². The summed E-state index contributed by atoms with van der Waals surface area (Å²) >= 11 is 2.77. The van der Waals surface area contributed by atoms with Gasteiger partial charge in [-0.1, -0.05) is 11.8 Å². The van der Waals surface area contributed by atoms with E-state index in [4.69, 9.17) is 5.73 Å². The fraction of sp³-hybridized carbons (Fsp3) is 0.263. The zero-order valence-corrected chi connectivity index (χ0v) is 16.5. The lowest BCUT2D eigenvalue weighted by Gasteiger charge is -2.09. The first-order chi connectivity index (χ1) is 13.5. The standard InChI is InChI=1S/C19H18N4O3S2/c20-16(25)10-5-7-11(8-6-10)21-14(24)9-27-19-22-17(26)15-12-3-1-2-4-13(12)28-18(15)23-19/h5-8H,1-4,9H2,(H2,20,25)(H,21,24)(H,22,23,26). The highest BCUT2D eigenvalue weighted by Crippen LogP contribution is 2.34. The number of aryl methyl sites for hydroxylation is 2. The smallest absolute Gasteiger partial charge is 0.260 e. The quantitative estimate of drug-likeness (QED) is 0.438. The van der Waals surface area contributed by atoms with Crippen molar-refractivity contribution in [2.75, 3.05) is 11.1 Å². The summed E-state index contributed by atoms with van der Waals surface area (Å²) in [6, 6.07) is 6.34. The summed E-state index contributed by atoms with van der Waals surface area (Å²) < 4.78 is 0. The number of H-pyrrole nitrogens is 1. The molecule has 3 aromatic rings. The van der Waals surface area contributed by atoms with Crippen LogP contribution in [0.15, 0.2) is 34.2 Å². The minimum atomic E-state index is -0.519. The maximum Gasteiger partial charge on any atom is 0.260 e. The van der Waals surface area contributed by atoms with E-state index >= 15 is 0 Å². The van der Waals surface area contributed by atoms with Crippen molar-refractivity contribution < 1.29 is 9.59 Å². The molecule has 1 aliphatic rings. The van der Waals surface area contributed by atoms with E-state index in [0.717, 1.165) is 36.1 Å². The Balaban J connectivity index is 1.44. The molecule has 0 unspecified atom stereocenters. The Labute approximate surface area is 168 Å². The predicted molar refractivity (Wildman–Crippen MR) is 111 cm³/mol. The zero-order chi connectivity index (χ0) is 19.7. The van der Waals surface area contributed by atoms with Crippen molar-refractivity contribution in [3.05, 3.63) is 50.6 Å². The minimum absolute atomic E-state index is 0.108. The number of aromatic amines is 1. The first-order valence-corrected chi connectivity index (χ1v) is 10.7. The van der Waals surface area contributed by atoms with Gasteiger partial charge in [0.15, 0.2) is 5.16 Å². The second kappa shape index (κ2) is 7.76. The summed E-state index contributed by atoms with van der Waals surface area (Å²) in [4.78, 5) is 45.1. The number of thioether (sulfide) groups is 1. The molecule has 0 atom stereocenters. The maximum absolute atomic E-state index is 12.5. The van der Waals surface area contributed by atoms with Gasteiger partial charge in [0.05, 0.1) is 11.1 Å². The molecule has 0 spiro atoms. The number of carbonyl (C=O) groups is 2. The van der Waals surface area contributed by atoms with Gasteiger partial charge in [-0.25, -0.2) is 4.98 Å². The number of rotatable bonds is 5. The van der Waals surface area contributed by atoms with E-state index in [1.54, 1.807) is 35.6 Å². The molecule has 0 saturated heterocycles. The van der Waals surface area contributed by atoms with E-state index in [-0.39, 0.29) is 17.2 Å². The Morgan fingerprint density at radius 2 is 1.96 bits per heavy atom. The van der Waals surface area contributed by atoms with E-state index in [1.807, 2.05) is 0 Å². The number of primary amides is 1. The van der Waals surface area contributed by atoms with Crippen LogP contribution in [0.3, 0.4) is 0 Å². The van der Waals surface area contributed by atoms with Gasteiger partial charge in [-0.15, -0.1) is 11.3 Å². The van der Waals surface area contributed by atoms with Gasteiger partial charge in [0.25, 0.3) is 5.56 Å². The third-order valence-corrected chi connectivity index (χ3v) is 6.66. The number of hydrogen-bond acceptors (Lipinski definition) is 6. The number of benzene rings is 1. The van der Waals surface area contributed by atoms with Crippen molar-refractivity contribution in [1.29, 1.82) is 0 Å². The molecule has 1 aromatic carbocycles. The third-order valence-electron chi connectivity index (χ3n) is 4.60. The Morgan fingerprint density at radius 1 is 1.21 bits per heavy atom. The Bertz CT molecular complexity index is 1120. The topological polar surface area (TPSA) is 118 Å². The van der Waals surface area contributed by atoms with Crippen LogP contribution in [-0.4, -0.2) is 27.5 Å². The molecule has 1 aliphatic carbocycles. The number of aromatic nitrogens is 2. The number of thiophene rings is 1. The number of nitrogens with two attached hydrogens (primary N) is 1.